The Bertz CT molecular complexity index is 95.1. The summed E-state index contributed by atoms with van der Waals surface area (Å²) in [5, 5.41) is 32.0. The molecule has 0 radical (unpaired) electrons. The molecule has 108 valence electrons. The summed E-state index contributed by atoms with van der Waals surface area (Å²) in [6, 6.07) is 0. The lowest BCUT2D eigenvalue weighted by atomic mass is 10.5. The Morgan fingerprint density at radius 2 is 1.06 bits per heavy atom. The Balaban J connectivity index is -0.000000177. The van der Waals surface area contributed by atoms with Crippen LogP contribution in [-0.2, 0) is 4.74 Å². The van der Waals surface area contributed by atoms with Crippen LogP contribution in [-0.4, -0.2) is 59.1 Å². The molecule has 0 saturated carbocycles. The van der Waals surface area contributed by atoms with Gasteiger partial charge in [0.25, 0.3) is 0 Å². The van der Waals surface area contributed by atoms with Crippen molar-refractivity contribution in [3.63, 3.8) is 0 Å². The maximum Gasteiger partial charge on any atom is 0.0742 e. The highest BCUT2D eigenvalue weighted by Crippen LogP contribution is 1.81. The van der Waals surface area contributed by atoms with E-state index in [1.807, 2.05) is 0 Å². The molecule has 0 saturated heterocycles. The first-order valence-corrected chi connectivity index (χ1v) is 6.11. The fraction of sp³-hybridized carbons (Fsp3) is 1.00. The van der Waals surface area contributed by atoms with Crippen LogP contribution in [0.2, 0.25) is 0 Å². The van der Waals surface area contributed by atoms with Crippen molar-refractivity contribution >= 4 is 0 Å². The Kier molecular flexibility index (Phi) is 27.4. The van der Waals surface area contributed by atoms with E-state index in [2.05, 4.69) is 13.8 Å². The van der Waals surface area contributed by atoms with Crippen LogP contribution < -0.4 is 0 Å². The molecule has 2 atom stereocenters. The van der Waals surface area contributed by atoms with E-state index in [0.29, 0.717) is 0 Å². The number of ether oxygens (including phenoxy) is 1. The van der Waals surface area contributed by atoms with Crippen molar-refractivity contribution in [3.05, 3.63) is 0 Å². The molecule has 0 spiro atoms. The first-order valence-electron chi connectivity index (χ1n) is 6.11. The third kappa shape index (κ3) is 49.5. The van der Waals surface area contributed by atoms with Gasteiger partial charge in [0, 0.05) is 13.2 Å². The second-order valence-electron chi connectivity index (χ2n) is 3.68. The van der Waals surface area contributed by atoms with Gasteiger partial charge in [-0.25, -0.2) is 0 Å². The highest BCUT2D eigenvalue weighted by molar-refractivity contribution is 4.34. The molecular weight excluding hydrogens is 224 g/mol. The molecule has 0 aliphatic heterocycles. The zero-order valence-electron chi connectivity index (χ0n) is 11.6. The highest BCUT2D eigenvalue weighted by Gasteiger charge is 1.83. The standard InChI is InChI=1S/C6H14O.2C3H8O2/c1-3-5-7-6-4-2;2*1-3(5)2-4/h3-6H2,1-2H3;2*3-5H,2H2,1H3. The second kappa shape index (κ2) is 21.1. The molecule has 0 heterocycles. The first kappa shape index (κ1) is 22.0. The van der Waals surface area contributed by atoms with Crippen molar-refractivity contribution in [3.8, 4) is 0 Å². The van der Waals surface area contributed by atoms with Crippen LogP contribution in [0.25, 0.3) is 0 Å². The van der Waals surface area contributed by atoms with E-state index in [4.69, 9.17) is 25.2 Å². The Morgan fingerprint density at radius 3 is 1.18 bits per heavy atom. The zero-order chi connectivity index (χ0) is 14.1. The minimum Gasteiger partial charge on any atom is -0.394 e. The molecule has 17 heavy (non-hydrogen) atoms. The Labute approximate surface area is 105 Å². The van der Waals surface area contributed by atoms with Crippen molar-refractivity contribution in [2.45, 2.75) is 52.7 Å². The summed E-state index contributed by atoms with van der Waals surface area (Å²) < 4.78 is 5.13. The van der Waals surface area contributed by atoms with Crippen molar-refractivity contribution in [2.24, 2.45) is 0 Å². The maximum absolute atomic E-state index is 8.11. The average molecular weight is 254 g/mol. The van der Waals surface area contributed by atoms with Gasteiger partial charge in [-0.1, -0.05) is 13.8 Å². The van der Waals surface area contributed by atoms with Gasteiger partial charge in [-0.15, -0.1) is 0 Å². The molecule has 0 aromatic heterocycles. The van der Waals surface area contributed by atoms with Gasteiger partial charge in [0.1, 0.15) is 0 Å². The van der Waals surface area contributed by atoms with Crippen LogP contribution >= 0.6 is 0 Å². The zero-order valence-corrected chi connectivity index (χ0v) is 11.6. The quantitative estimate of drug-likeness (QED) is 0.520. The number of aliphatic hydroxyl groups is 4. The average Bonchev–Trinajstić information content (AvgIpc) is 2.31. The molecule has 0 fully saturated rings. The normalized spacial score (nSPS) is 12.7. The van der Waals surface area contributed by atoms with Crippen LogP contribution in [0.3, 0.4) is 0 Å². The summed E-state index contributed by atoms with van der Waals surface area (Å²) in [6.45, 7) is 8.87. The monoisotopic (exact) mass is 254 g/mol. The minimum absolute atomic E-state index is 0.139. The van der Waals surface area contributed by atoms with Gasteiger partial charge in [-0.05, 0) is 26.7 Å². The van der Waals surface area contributed by atoms with Crippen molar-refractivity contribution in [1.29, 1.82) is 0 Å². The molecule has 5 heteroatoms. The van der Waals surface area contributed by atoms with Gasteiger partial charge in [0.05, 0.1) is 25.4 Å². The lowest BCUT2D eigenvalue weighted by molar-refractivity contribution is 0.110. The van der Waals surface area contributed by atoms with E-state index >= 15 is 0 Å². The predicted molar refractivity (Wildman–Crippen MR) is 68.9 cm³/mol. The summed E-state index contributed by atoms with van der Waals surface area (Å²) in [6.07, 6.45) is 1.16. The molecular formula is C12H30O5. The molecule has 0 aromatic carbocycles. The van der Waals surface area contributed by atoms with Crippen molar-refractivity contribution in [1.82, 2.24) is 0 Å². The predicted octanol–water partition coefficient (Wildman–Crippen LogP) is 0.542. The van der Waals surface area contributed by atoms with Gasteiger partial charge in [-0.2, -0.15) is 0 Å². The van der Waals surface area contributed by atoms with Gasteiger partial charge in [-0.3, -0.25) is 0 Å². The summed E-state index contributed by atoms with van der Waals surface area (Å²) in [4.78, 5) is 0. The summed E-state index contributed by atoms with van der Waals surface area (Å²) in [5.74, 6) is 0. The molecule has 0 aliphatic carbocycles. The third-order valence-corrected chi connectivity index (χ3v) is 1.23. The van der Waals surface area contributed by atoms with Crippen LogP contribution in [0.4, 0.5) is 0 Å². The number of hydrogen-bond acceptors (Lipinski definition) is 5. The lowest BCUT2D eigenvalue weighted by Crippen LogP contribution is -2.03. The van der Waals surface area contributed by atoms with E-state index in [1.54, 1.807) is 0 Å². The van der Waals surface area contributed by atoms with E-state index in [9.17, 15) is 0 Å². The smallest absolute Gasteiger partial charge is 0.0742 e. The lowest BCUT2D eigenvalue weighted by Gasteiger charge is -1.95. The van der Waals surface area contributed by atoms with Crippen LogP contribution in [0.5, 0.6) is 0 Å². The first-order chi connectivity index (χ1) is 7.95. The van der Waals surface area contributed by atoms with Gasteiger partial charge in [0.15, 0.2) is 0 Å². The van der Waals surface area contributed by atoms with Crippen LogP contribution in [0.1, 0.15) is 40.5 Å². The molecule has 4 N–H and O–H groups in total. The van der Waals surface area contributed by atoms with Gasteiger partial charge in [0.2, 0.25) is 0 Å². The van der Waals surface area contributed by atoms with Crippen molar-refractivity contribution in [2.75, 3.05) is 26.4 Å². The molecule has 0 rings (SSSR count). The molecule has 0 aromatic rings. The summed E-state index contributed by atoms with van der Waals surface area (Å²) >= 11 is 0. The molecule has 0 amide bonds. The molecule has 5 nitrogen and oxygen atoms in total. The topological polar surface area (TPSA) is 90.2 Å². The van der Waals surface area contributed by atoms with Crippen LogP contribution in [0.15, 0.2) is 0 Å². The Morgan fingerprint density at radius 1 is 0.824 bits per heavy atom. The molecule has 0 aliphatic rings. The summed E-state index contributed by atoms with van der Waals surface area (Å²) in [5.41, 5.74) is 0. The highest BCUT2D eigenvalue weighted by atomic mass is 16.5. The van der Waals surface area contributed by atoms with Crippen LogP contribution in [0, 0.1) is 0 Å². The SMILES string of the molecule is CC(O)CO.CC(O)CO.CCCOCCC. The summed E-state index contributed by atoms with van der Waals surface area (Å²) in [7, 11) is 0. The van der Waals surface area contributed by atoms with E-state index in [0.717, 1.165) is 26.1 Å². The second-order valence-corrected chi connectivity index (χ2v) is 3.68. The number of rotatable bonds is 6. The largest absolute Gasteiger partial charge is 0.394 e. The van der Waals surface area contributed by atoms with Gasteiger partial charge < -0.3 is 25.2 Å². The fourth-order valence-electron chi connectivity index (χ4n) is 0.391. The number of hydrogen-bond donors (Lipinski definition) is 4. The van der Waals surface area contributed by atoms with Crippen molar-refractivity contribution < 1.29 is 25.2 Å². The third-order valence-electron chi connectivity index (χ3n) is 1.23. The van der Waals surface area contributed by atoms with E-state index in [-0.39, 0.29) is 13.2 Å². The van der Waals surface area contributed by atoms with E-state index < -0.39 is 12.2 Å². The van der Waals surface area contributed by atoms with Gasteiger partial charge >= 0.3 is 0 Å². The Hall–Kier alpha value is -0.200. The molecule has 0 bridgehead atoms. The fourth-order valence-corrected chi connectivity index (χ4v) is 0.391. The van der Waals surface area contributed by atoms with E-state index in [1.165, 1.54) is 13.8 Å². The molecule has 2 unspecified atom stereocenters. The maximum atomic E-state index is 8.11. The minimum atomic E-state index is -0.560. The number of aliphatic hydroxyl groups excluding tert-OH is 4.